The average Bonchev–Trinajstić information content (AvgIpc) is 2.41. The third-order valence-electron chi connectivity index (χ3n) is 3.02. The van der Waals surface area contributed by atoms with E-state index in [1.54, 1.807) is 0 Å². The van der Waals surface area contributed by atoms with E-state index in [0.29, 0.717) is 12.3 Å². The molecule has 0 spiro atoms. The maximum absolute atomic E-state index is 11.2. The number of phenolic OH excluding ortho intramolecular Hbond substituents is 1. The minimum absolute atomic E-state index is 0.179. The molecule has 0 saturated heterocycles. The number of phenols is 1. The summed E-state index contributed by atoms with van der Waals surface area (Å²) in [6.07, 6.45) is 4.95. The average molecular weight is 261 g/mol. The minimum atomic E-state index is -0.179. The molecule has 2 N–H and O–H groups in total. The first-order valence-electron chi connectivity index (χ1n) is 6.86. The normalized spacial score (nSPS) is 10.2. The van der Waals surface area contributed by atoms with Gasteiger partial charge in [0, 0.05) is 6.54 Å². The van der Waals surface area contributed by atoms with E-state index in [9.17, 15) is 9.90 Å². The van der Waals surface area contributed by atoms with Gasteiger partial charge in [0.25, 0.3) is 0 Å². The number of amides is 1. The summed E-state index contributed by atoms with van der Waals surface area (Å²) in [6, 6.07) is 3.95. The first-order chi connectivity index (χ1) is 9.12. The molecule has 0 heterocycles. The largest absolute Gasteiger partial charge is 0.507 e. The van der Waals surface area contributed by atoms with Crippen molar-refractivity contribution in [1.82, 2.24) is 5.32 Å². The van der Waals surface area contributed by atoms with Gasteiger partial charge in [-0.25, -0.2) is 0 Å². The number of carbonyl (C=O) groups is 1. The van der Waals surface area contributed by atoms with Gasteiger partial charge in [0.15, 0.2) is 0 Å². The summed E-state index contributed by atoms with van der Waals surface area (Å²) in [6.45, 7) is 8.08. The van der Waals surface area contributed by atoms with Gasteiger partial charge in [-0.3, -0.25) is 4.79 Å². The third kappa shape index (κ3) is 4.43. The van der Waals surface area contributed by atoms with E-state index < -0.39 is 0 Å². The van der Waals surface area contributed by atoms with Crippen LogP contribution in [0.5, 0.6) is 5.75 Å². The Kier molecular flexibility index (Phi) is 6.13. The molecule has 0 saturated carbocycles. The Morgan fingerprint density at radius 2 is 1.79 bits per heavy atom. The second-order valence-corrected chi connectivity index (χ2v) is 4.68. The summed E-state index contributed by atoms with van der Waals surface area (Å²) in [4.78, 5) is 11.2. The van der Waals surface area contributed by atoms with Crippen LogP contribution in [0.3, 0.4) is 0 Å². The van der Waals surface area contributed by atoms with Crippen LogP contribution in [0.15, 0.2) is 24.8 Å². The van der Waals surface area contributed by atoms with Gasteiger partial charge >= 0.3 is 0 Å². The predicted octanol–water partition coefficient (Wildman–Crippen LogP) is 3.10. The van der Waals surface area contributed by atoms with Crippen molar-refractivity contribution in [3.63, 3.8) is 0 Å². The van der Waals surface area contributed by atoms with Gasteiger partial charge in [-0.1, -0.05) is 45.4 Å². The van der Waals surface area contributed by atoms with Crippen LogP contribution in [-0.4, -0.2) is 11.0 Å². The standard InChI is InChI=1S/C16H23NO2/c1-4-7-13-9-12(11-17-15(18)6-3)10-14(8-5-2)16(13)19/h6,9-10,19H,3-5,7-8,11H2,1-2H3,(H,17,18). The van der Waals surface area contributed by atoms with Crippen molar-refractivity contribution < 1.29 is 9.90 Å². The molecule has 3 heteroatoms. The first-order valence-corrected chi connectivity index (χ1v) is 6.86. The van der Waals surface area contributed by atoms with Crippen molar-refractivity contribution in [3.8, 4) is 5.75 Å². The van der Waals surface area contributed by atoms with E-state index in [4.69, 9.17) is 0 Å². The molecule has 0 aliphatic heterocycles. The lowest BCUT2D eigenvalue weighted by Gasteiger charge is -2.12. The SMILES string of the molecule is C=CC(=O)NCc1cc(CCC)c(O)c(CCC)c1. The molecule has 0 bridgehead atoms. The fourth-order valence-corrected chi connectivity index (χ4v) is 2.12. The van der Waals surface area contributed by atoms with Crippen molar-refractivity contribution in [2.75, 3.05) is 0 Å². The molecular weight excluding hydrogens is 238 g/mol. The lowest BCUT2D eigenvalue weighted by Crippen LogP contribution is -2.20. The van der Waals surface area contributed by atoms with Crippen LogP contribution in [0, 0.1) is 0 Å². The molecule has 1 amide bonds. The highest BCUT2D eigenvalue weighted by Crippen LogP contribution is 2.27. The fourth-order valence-electron chi connectivity index (χ4n) is 2.12. The number of carbonyl (C=O) groups excluding carboxylic acids is 1. The monoisotopic (exact) mass is 261 g/mol. The molecule has 0 atom stereocenters. The molecule has 0 radical (unpaired) electrons. The molecule has 104 valence electrons. The van der Waals surface area contributed by atoms with Crippen LogP contribution in [0.4, 0.5) is 0 Å². The van der Waals surface area contributed by atoms with Crippen molar-refractivity contribution >= 4 is 5.91 Å². The Morgan fingerprint density at radius 1 is 1.26 bits per heavy atom. The highest BCUT2D eigenvalue weighted by atomic mass is 16.3. The van der Waals surface area contributed by atoms with Crippen molar-refractivity contribution in [1.29, 1.82) is 0 Å². The molecule has 3 nitrogen and oxygen atoms in total. The van der Waals surface area contributed by atoms with Crippen LogP contribution >= 0.6 is 0 Å². The molecule has 1 rings (SSSR count). The second-order valence-electron chi connectivity index (χ2n) is 4.68. The van der Waals surface area contributed by atoms with Gasteiger partial charge in [-0.15, -0.1) is 0 Å². The summed E-state index contributed by atoms with van der Waals surface area (Å²) in [5, 5.41) is 13.0. The van der Waals surface area contributed by atoms with E-state index in [2.05, 4.69) is 25.7 Å². The second kappa shape index (κ2) is 7.62. The van der Waals surface area contributed by atoms with Crippen molar-refractivity contribution in [2.24, 2.45) is 0 Å². The smallest absolute Gasteiger partial charge is 0.243 e. The molecule has 0 fully saturated rings. The maximum atomic E-state index is 11.2. The zero-order valence-corrected chi connectivity index (χ0v) is 11.8. The van der Waals surface area contributed by atoms with Gasteiger partial charge < -0.3 is 10.4 Å². The van der Waals surface area contributed by atoms with Crippen LogP contribution in [-0.2, 0) is 24.2 Å². The Bertz CT molecular complexity index is 425. The van der Waals surface area contributed by atoms with Crippen molar-refractivity contribution in [3.05, 3.63) is 41.5 Å². The minimum Gasteiger partial charge on any atom is -0.507 e. The summed E-state index contributed by atoms with van der Waals surface area (Å²) in [5.74, 6) is 0.240. The maximum Gasteiger partial charge on any atom is 0.243 e. The van der Waals surface area contributed by atoms with Gasteiger partial charge in [-0.05, 0) is 35.6 Å². The van der Waals surface area contributed by atoms with E-state index in [-0.39, 0.29) is 5.91 Å². The Morgan fingerprint density at radius 3 is 2.21 bits per heavy atom. The number of rotatable bonds is 7. The molecule has 0 aromatic heterocycles. The molecule has 0 aliphatic carbocycles. The Labute approximate surface area is 115 Å². The van der Waals surface area contributed by atoms with Gasteiger partial charge in [0.05, 0.1) is 0 Å². The fraction of sp³-hybridized carbons (Fsp3) is 0.438. The van der Waals surface area contributed by atoms with E-state index in [0.717, 1.165) is 42.4 Å². The highest BCUT2D eigenvalue weighted by molar-refractivity contribution is 5.86. The topological polar surface area (TPSA) is 49.3 Å². The molecule has 19 heavy (non-hydrogen) atoms. The van der Waals surface area contributed by atoms with Crippen LogP contribution in [0.25, 0.3) is 0 Å². The summed E-state index contributed by atoms with van der Waals surface area (Å²) in [7, 11) is 0. The Hall–Kier alpha value is -1.77. The molecular formula is C16H23NO2. The summed E-state index contributed by atoms with van der Waals surface area (Å²) >= 11 is 0. The number of benzene rings is 1. The molecule has 1 aromatic rings. The Balaban J connectivity index is 2.96. The van der Waals surface area contributed by atoms with E-state index in [1.165, 1.54) is 6.08 Å². The van der Waals surface area contributed by atoms with Crippen LogP contribution in [0.2, 0.25) is 0 Å². The zero-order chi connectivity index (χ0) is 14.3. The van der Waals surface area contributed by atoms with Crippen LogP contribution < -0.4 is 5.32 Å². The summed E-state index contributed by atoms with van der Waals surface area (Å²) < 4.78 is 0. The lowest BCUT2D eigenvalue weighted by molar-refractivity contribution is -0.116. The summed E-state index contributed by atoms with van der Waals surface area (Å²) in [5.41, 5.74) is 2.97. The van der Waals surface area contributed by atoms with Gasteiger partial charge in [-0.2, -0.15) is 0 Å². The quantitative estimate of drug-likeness (QED) is 0.741. The zero-order valence-electron chi connectivity index (χ0n) is 11.8. The molecule has 1 aromatic carbocycles. The molecule has 0 unspecified atom stereocenters. The van der Waals surface area contributed by atoms with Crippen LogP contribution in [0.1, 0.15) is 43.4 Å². The number of aryl methyl sites for hydroxylation is 2. The van der Waals surface area contributed by atoms with E-state index >= 15 is 0 Å². The number of hydrogen-bond acceptors (Lipinski definition) is 2. The number of hydrogen-bond donors (Lipinski definition) is 2. The van der Waals surface area contributed by atoms with Crippen molar-refractivity contribution in [2.45, 2.75) is 46.1 Å². The van der Waals surface area contributed by atoms with Gasteiger partial charge in [0.1, 0.15) is 5.75 Å². The van der Waals surface area contributed by atoms with E-state index in [1.807, 2.05) is 12.1 Å². The van der Waals surface area contributed by atoms with Gasteiger partial charge in [0.2, 0.25) is 5.91 Å². The highest BCUT2D eigenvalue weighted by Gasteiger charge is 2.09. The third-order valence-corrected chi connectivity index (χ3v) is 3.02. The molecule has 0 aliphatic rings. The number of nitrogens with one attached hydrogen (secondary N) is 1. The number of aromatic hydroxyl groups is 1. The first kappa shape index (κ1) is 15.3. The predicted molar refractivity (Wildman–Crippen MR) is 78.1 cm³/mol. The lowest BCUT2D eigenvalue weighted by atomic mass is 9.98.